The summed E-state index contributed by atoms with van der Waals surface area (Å²) in [4.78, 5) is 24.2. The molecule has 1 N–H and O–H groups in total. The van der Waals surface area contributed by atoms with Gasteiger partial charge in [-0.2, -0.15) is 0 Å². The fourth-order valence-electron chi connectivity index (χ4n) is 2.14. The van der Waals surface area contributed by atoms with Crippen LogP contribution in [-0.2, 0) is 19.4 Å². The summed E-state index contributed by atoms with van der Waals surface area (Å²) in [6.45, 7) is 1.59. The van der Waals surface area contributed by atoms with Crippen LogP contribution in [0.15, 0.2) is 47.4 Å². The fraction of sp³-hybridized carbons (Fsp3) is 0.222. The Labute approximate surface area is 162 Å². The molecular formula is C18H18ClNO6S. The average molecular weight is 412 g/mol. The van der Waals surface area contributed by atoms with E-state index in [9.17, 15) is 18.0 Å². The molecule has 2 aromatic rings. The molecule has 7 nitrogen and oxygen atoms in total. The second kappa shape index (κ2) is 8.88. The molecule has 27 heavy (non-hydrogen) atoms. The lowest BCUT2D eigenvalue weighted by molar-refractivity contribution is -0.119. The molecule has 0 saturated carbocycles. The first kappa shape index (κ1) is 20.7. The van der Waals surface area contributed by atoms with Crippen molar-refractivity contribution in [2.75, 3.05) is 24.8 Å². The van der Waals surface area contributed by atoms with E-state index in [-0.39, 0.29) is 21.2 Å². The molecule has 0 aromatic heterocycles. The molecule has 0 aliphatic heterocycles. The van der Waals surface area contributed by atoms with Gasteiger partial charge in [-0.05, 0) is 37.3 Å². The van der Waals surface area contributed by atoms with Crippen LogP contribution in [0.5, 0.6) is 5.75 Å². The maximum absolute atomic E-state index is 12.2. The minimum atomic E-state index is -3.46. The monoisotopic (exact) mass is 411 g/mol. The van der Waals surface area contributed by atoms with E-state index in [1.807, 2.05) is 0 Å². The van der Waals surface area contributed by atoms with Gasteiger partial charge in [0.25, 0.3) is 5.91 Å². The number of halogens is 1. The molecule has 2 rings (SSSR count). The van der Waals surface area contributed by atoms with Crippen molar-refractivity contribution in [3.05, 3.63) is 53.1 Å². The van der Waals surface area contributed by atoms with Crippen LogP contribution in [-0.4, -0.2) is 39.8 Å². The predicted octanol–water partition coefficient (Wildman–Crippen LogP) is 2.94. The third kappa shape index (κ3) is 5.70. The normalized spacial score (nSPS) is 10.9. The summed E-state index contributed by atoms with van der Waals surface area (Å²) in [6, 6.07) is 10.4. The largest absolute Gasteiger partial charge is 0.493 e. The highest BCUT2D eigenvalue weighted by atomic mass is 35.5. The SMILES string of the molecule is CCOc1ccccc1C(=O)OCC(=O)Nc1cc(S(C)(=O)=O)ccc1Cl. The second-order valence-electron chi connectivity index (χ2n) is 5.47. The fourth-order valence-corrected chi connectivity index (χ4v) is 2.95. The van der Waals surface area contributed by atoms with Gasteiger partial charge in [0.15, 0.2) is 16.4 Å². The number of hydrogen-bond acceptors (Lipinski definition) is 6. The Morgan fingerprint density at radius 1 is 1.15 bits per heavy atom. The van der Waals surface area contributed by atoms with Crippen molar-refractivity contribution in [1.82, 2.24) is 0 Å². The summed E-state index contributed by atoms with van der Waals surface area (Å²) in [5, 5.41) is 2.58. The molecular weight excluding hydrogens is 394 g/mol. The molecule has 0 atom stereocenters. The minimum Gasteiger partial charge on any atom is -0.493 e. The Hall–Kier alpha value is -2.58. The molecule has 0 aliphatic rings. The first-order valence-electron chi connectivity index (χ1n) is 7.90. The predicted molar refractivity (Wildman–Crippen MR) is 101 cm³/mol. The maximum Gasteiger partial charge on any atom is 0.342 e. The van der Waals surface area contributed by atoms with Crippen LogP contribution in [0.25, 0.3) is 0 Å². The molecule has 1 amide bonds. The first-order chi connectivity index (χ1) is 12.7. The summed E-state index contributed by atoms with van der Waals surface area (Å²) in [6.07, 6.45) is 1.04. The Morgan fingerprint density at radius 2 is 1.85 bits per heavy atom. The number of sulfone groups is 1. The quantitative estimate of drug-likeness (QED) is 0.703. The molecule has 0 saturated heterocycles. The molecule has 0 bridgehead atoms. The van der Waals surface area contributed by atoms with E-state index >= 15 is 0 Å². The Bertz CT molecular complexity index is 958. The molecule has 0 fully saturated rings. The zero-order valence-electron chi connectivity index (χ0n) is 14.7. The van der Waals surface area contributed by atoms with E-state index in [1.54, 1.807) is 25.1 Å². The highest BCUT2D eigenvalue weighted by Gasteiger charge is 2.16. The maximum atomic E-state index is 12.2. The topological polar surface area (TPSA) is 98.8 Å². The van der Waals surface area contributed by atoms with E-state index in [0.29, 0.717) is 12.4 Å². The molecule has 0 aliphatic carbocycles. The highest BCUT2D eigenvalue weighted by molar-refractivity contribution is 7.90. The number of carbonyl (C=O) groups excluding carboxylic acids is 2. The molecule has 0 heterocycles. The lowest BCUT2D eigenvalue weighted by Crippen LogP contribution is -2.21. The Balaban J connectivity index is 2.04. The summed E-state index contributed by atoms with van der Waals surface area (Å²) >= 11 is 5.97. The van der Waals surface area contributed by atoms with E-state index in [2.05, 4.69) is 5.32 Å². The van der Waals surface area contributed by atoms with Crippen molar-refractivity contribution in [1.29, 1.82) is 0 Å². The standard InChI is InChI=1S/C18H18ClNO6S/c1-3-25-16-7-5-4-6-13(16)18(22)26-11-17(21)20-15-10-12(27(2,23)24)8-9-14(15)19/h4-10H,3,11H2,1-2H3,(H,20,21). The summed E-state index contributed by atoms with van der Waals surface area (Å²) < 4.78 is 33.5. The third-order valence-electron chi connectivity index (χ3n) is 3.38. The zero-order valence-corrected chi connectivity index (χ0v) is 16.3. The molecule has 0 radical (unpaired) electrons. The number of nitrogens with one attached hydrogen (secondary N) is 1. The van der Waals surface area contributed by atoms with Gasteiger partial charge < -0.3 is 14.8 Å². The average Bonchev–Trinajstić information content (AvgIpc) is 2.61. The third-order valence-corrected chi connectivity index (χ3v) is 4.82. The molecule has 9 heteroatoms. The Kier molecular flexibility index (Phi) is 6.81. The number of ether oxygens (including phenoxy) is 2. The number of hydrogen-bond donors (Lipinski definition) is 1. The lowest BCUT2D eigenvalue weighted by Gasteiger charge is -2.11. The van der Waals surface area contributed by atoms with Crippen molar-refractivity contribution < 1.29 is 27.5 Å². The van der Waals surface area contributed by atoms with E-state index in [0.717, 1.165) is 6.26 Å². The molecule has 2 aromatic carbocycles. The molecule has 144 valence electrons. The highest BCUT2D eigenvalue weighted by Crippen LogP contribution is 2.25. The number of esters is 1. The number of amides is 1. The van der Waals surface area contributed by atoms with Gasteiger partial charge in [0.2, 0.25) is 0 Å². The van der Waals surface area contributed by atoms with Crippen LogP contribution in [0, 0.1) is 0 Å². The van der Waals surface area contributed by atoms with E-state index < -0.39 is 28.3 Å². The van der Waals surface area contributed by atoms with Crippen molar-refractivity contribution >= 4 is 39.0 Å². The number of rotatable bonds is 7. The first-order valence-corrected chi connectivity index (χ1v) is 10.2. The van der Waals surface area contributed by atoms with Crippen molar-refractivity contribution in [3.63, 3.8) is 0 Å². The Morgan fingerprint density at radius 3 is 2.52 bits per heavy atom. The van der Waals surface area contributed by atoms with Crippen molar-refractivity contribution in [2.24, 2.45) is 0 Å². The molecule has 0 unspecified atom stereocenters. The van der Waals surface area contributed by atoms with Crippen LogP contribution < -0.4 is 10.1 Å². The van der Waals surface area contributed by atoms with Crippen molar-refractivity contribution in [2.45, 2.75) is 11.8 Å². The number of anilines is 1. The summed E-state index contributed by atoms with van der Waals surface area (Å²) in [5.74, 6) is -1.02. The van der Waals surface area contributed by atoms with E-state index in [1.165, 1.54) is 24.3 Å². The van der Waals surface area contributed by atoms with Gasteiger partial charge in [0.05, 0.1) is 22.2 Å². The zero-order chi connectivity index (χ0) is 20.0. The van der Waals surface area contributed by atoms with Crippen LogP contribution in [0.1, 0.15) is 17.3 Å². The molecule has 0 spiro atoms. The van der Waals surface area contributed by atoms with Gasteiger partial charge >= 0.3 is 5.97 Å². The van der Waals surface area contributed by atoms with E-state index in [4.69, 9.17) is 21.1 Å². The van der Waals surface area contributed by atoms with Gasteiger partial charge in [-0.15, -0.1) is 0 Å². The summed E-state index contributed by atoms with van der Waals surface area (Å²) in [7, 11) is -3.46. The van der Waals surface area contributed by atoms with Crippen LogP contribution in [0.4, 0.5) is 5.69 Å². The van der Waals surface area contributed by atoms with Gasteiger partial charge in [-0.25, -0.2) is 13.2 Å². The summed E-state index contributed by atoms with van der Waals surface area (Å²) in [5.41, 5.74) is 0.305. The number of para-hydroxylation sites is 1. The lowest BCUT2D eigenvalue weighted by atomic mass is 10.2. The van der Waals surface area contributed by atoms with Crippen LogP contribution in [0.3, 0.4) is 0 Å². The second-order valence-corrected chi connectivity index (χ2v) is 7.89. The van der Waals surface area contributed by atoms with Gasteiger partial charge in [0.1, 0.15) is 11.3 Å². The van der Waals surface area contributed by atoms with Crippen molar-refractivity contribution in [3.8, 4) is 5.75 Å². The van der Waals surface area contributed by atoms with Gasteiger partial charge in [-0.1, -0.05) is 23.7 Å². The smallest absolute Gasteiger partial charge is 0.342 e. The minimum absolute atomic E-state index is 0.00448. The van der Waals surface area contributed by atoms with Crippen LogP contribution >= 0.6 is 11.6 Å². The number of benzene rings is 2. The van der Waals surface area contributed by atoms with Gasteiger partial charge in [0, 0.05) is 6.26 Å². The number of carbonyl (C=O) groups is 2. The van der Waals surface area contributed by atoms with Gasteiger partial charge in [-0.3, -0.25) is 4.79 Å². The van der Waals surface area contributed by atoms with Crippen LogP contribution in [0.2, 0.25) is 5.02 Å².